The Kier molecular flexibility index (Phi) is 5.46. The first-order valence-corrected chi connectivity index (χ1v) is 10.9. The second-order valence-electron chi connectivity index (χ2n) is 6.79. The van der Waals surface area contributed by atoms with E-state index < -0.39 is 0 Å². The van der Waals surface area contributed by atoms with Crippen molar-refractivity contribution in [1.29, 1.82) is 0 Å². The zero-order valence-corrected chi connectivity index (χ0v) is 18.2. The minimum absolute atomic E-state index is 0.0748. The monoisotopic (exact) mass is 456 g/mol. The summed E-state index contributed by atoms with van der Waals surface area (Å²) in [7, 11) is 0. The number of carbonyl (C=O) groups excluding carboxylic acids is 1. The highest BCUT2D eigenvalue weighted by Gasteiger charge is 2.25. The van der Waals surface area contributed by atoms with Gasteiger partial charge in [0.15, 0.2) is 0 Å². The number of halogens is 1. The van der Waals surface area contributed by atoms with Gasteiger partial charge >= 0.3 is 0 Å². The van der Waals surface area contributed by atoms with E-state index >= 15 is 0 Å². The van der Waals surface area contributed by atoms with Crippen LogP contribution in [0.25, 0.3) is 10.6 Å². The minimum Gasteiger partial charge on any atom is -0.376 e. The maximum atomic E-state index is 12.8. The normalized spacial score (nSPS) is 12.9. The largest absolute Gasteiger partial charge is 0.376 e. The van der Waals surface area contributed by atoms with Gasteiger partial charge in [0, 0.05) is 34.4 Å². The first-order chi connectivity index (χ1) is 13.6. The van der Waals surface area contributed by atoms with Crippen molar-refractivity contribution >= 4 is 44.7 Å². The van der Waals surface area contributed by atoms with E-state index in [9.17, 15) is 4.79 Å². The van der Waals surface area contributed by atoms with Crippen LogP contribution in [0.4, 0.5) is 11.4 Å². The van der Waals surface area contributed by atoms with Crippen LogP contribution in [0.5, 0.6) is 0 Å². The molecule has 1 aliphatic rings. The second kappa shape index (κ2) is 8.01. The van der Waals surface area contributed by atoms with E-state index in [1.807, 2.05) is 30.0 Å². The van der Waals surface area contributed by atoms with Gasteiger partial charge in [-0.25, -0.2) is 4.98 Å². The molecule has 0 atom stereocenters. The van der Waals surface area contributed by atoms with Crippen molar-refractivity contribution in [3.63, 3.8) is 0 Å². The van der Waals surface area contributed by atoms with E-state index in [1.54, 1.807) is 0 Å². The number of aromatic nitrogens is 2. The van der Waals surface area contributed by atoms with Crippen LogP contribution in [0.1, 0.15) is 23.9 Å². The zero-order valence-electron chi connectivity index (χ0n) is 15.8. The molecule has 1 aromatic heterocycles. The lowest BCUT2D eigenvalue weighted by molar-refractivity contribution is -0.116. The van der Waals surface area contributed by atoms with Crippen LogP contribution < -0.4 is 10.2 Å². The lowest BCUT2D eigenvalue weighted by Crippen LogP contribution is -2.34. The molecule has 1 amide bonds. The van der Waals surface area contributed by atoms with Crippen LogP contribution in [0.2, 0.25) is 0 Å². The number of nitrogens with zero attached hydrogens (tertiary/aromatic N) is 3. The number of hydrogen-bond acceptors (Lipinski definition) is 5. The number of aryl methyl sites for hydroxylation is 2. The molecule has 1 aliphatic heterocycles. The van der Waals surface area contributed by atoms with Crippen LogP contribution in [0.3, 0.4) is 0 Å². The minimum atomic E-state index is 0.0748. The number of nitrogens with one attached hydrogen (secondary N) is 1. The van der Waals surface area contributed by atoms with Crippen molar-refractivity contribution in [3.8, 4) is 10.6 Å². The van der Waals surface area contributed by atoms with Crippen LogP contribution in [-0.4, -0.2) is 28.4 Å². The molecule has 144 valence electrons. The summed E-state index contributed by atoms with van der Waals surface area (Å²) in [5.74, 6) is 0.940. The number of amides is 1. The number of carbonyl (C=O) groups is 1. The van der Waals surface area contributed by atoms with Crippen molar-refractivity contribution in [1.82, 2.24) is 9.36 Å². The molecule has 1 N–H and O–H groups in total. The highest BCUT2D eigenvalue weighted by atomic mass is 79.9. The fourth-order valence-corrected chi connectivity index (χ4v) is 4.67. The maximum absolute atomic E-state index is 12.8. The van der Waals surface area contributed by atoms with E-state index in [0.29, 0.717) is 0 Å². The number of anilines is 2. The van der Waals surface area contributed by atoms with Gasteiger partial charge in [-0.05, 0) is 54.2 Å². The van der Waals surface area contributed by atoms with Gasteiger partial charge in [0.25, 0.3) is 0 Å². The summed E-state index contributed by atoms with van der Waals surface area (Å²) in [6.45, 7) is 5.07. The summed E-state index contributed by atoms with van der Waals surface area (Å²) in [4.78, 5) is 19.3. The van der Waals surface area contributed by atoms with Gasteiger partial charge in [-0.15, -0.1) is 0 Å². The van der Waals surface area contributed by atoms with Gasteiger partial charge in [-0.2, -0.15) is 4.37 Å². The third kappa shape index (κ3) is 3.69. The Balaban J connectivity index is 1.49. The van der Waals surface area contributed by atoms with Crippen molar-refractivity contribution in [3.05, 3.63) is 57.8 Å². The van der Waals surface area contributed by atoms with E-state index in [4.69, 9.17) is 0 Å². The molecule has 0 aliphatic carbocycles. The Morgan fingerprint density at radius 1 is 1.32 bits per heavy atom. The van der Waals surface area contributed by atoms with E-state index in [1.165, 1.54) is 17.1 Å². The molecule has 3 aromatic rings. The summed E-state index contributed by atoms with van der Waals surface area (Å²) in [6.07, 6.45) is 1.71. The molecule has 28 heavy (non-hydrogen) atoms. The third-order valence-corrected chi connectivity index (χ3v) is 6.52. The molecular formula is C21H21BrN4OS. The lowest BCUT2D eigenvalue weighted by atomic mass is 10.1. The molecule has 0 radical (unpaired) electrons. The smallest absolute Gasteiger partial charge is 0.246 e. The summed E-state index contributed by atoms with van der Waals surface area (Å²) in [6, 6.07) is 12.2. The van der Waals surface area contributed by atoms with Crippen molar-refractivity contribution < 1.29 is 4.79 Å². The number of rotatable bonds is 5. The Labute approximate surface area is 177 Å². The van der Waals surface area contributed by atoms with Crippen LogP contribution in [0, 0.1) is 6.92 Å². The topological polar surface area (TPSA) is 58.1 Å². The Morgan fingerprint density at radius 2 is 2.18 bits per heavy atom. The van der Waals surface area contributed by atoms with Gasteiger partial charge in [0.05, 0.1) is 6.54 Å². The molecule has 4 rings (SSSR count). The average Bonchev–Trinajstić information content (AvgIpc) is 3.35. The molecule has 0 spiro atoms. The average molecular weight is 457 g/mol. The first kappa shape index (κ1) is 19.1. The molecule has 7 heteroatoms. The van der Waals surface area contributed by atoms with Crippen LogP contribution >= 0.6 is 27.5 Å². The predicted octanol–water partition coefficient (Wildman–Crippen LogP) is 4.84. The fourth-order valence-electron chi connectivity index (χ4n) is 3.38. The molecule has 0 unspecified atom stereocenters. The standard InChI is InChI=1S/C21H21BrN4OS/c1-3-19-24-21(28-25-19)14-8-7-13(2)17(11-14)23-12-20(27)26-10-9-15-16(22)5-4-6-18(15)26/h4-8,11,23H,3,9-10,12H2,1-2H3. The van der Waals surface area contributed by atoms with Crippen molar-refractivity contribution in [2.24, 2.45) is 0 Å². The SMILES string of the molecule is CCc1nsc(-c2ccc(C)c(NCC(=O)N3CCc4c(Br)cccc43)c2)n1. The summed E-state index contributed by atoms with van der Waals surface area (Å²) in [5, 5.41) is 4.23. The molecule has 0 saturated heterocycles. The summed E-state index contributed by atoms with van der Waals surface area (Å²) < 4.78 is 5.43. The van der Waals surface area contributed by atoms with Gasteiger partial charge in [0.2, 0.25) is 5.91 Å². The quantitative estimate of drug-likeness (QED) is 0.596. The molecular weight excluding hydrogens is 436 g/mol. The summed E-state index contributed by atoms with van der Waals surface area (Å²) >= 11 is 4.99. The predicted molar refractivity (Wildman–Crippen MR) is 118 cm³/mol. The molecule has 0 bridgehead atoms. The van der Waals surface area contributed by atoms with Crippen molar-refractivity contribution in [2.75, 3.05) is 23.3 Å². The van der Waals surface area contributed by atoms with Gasteiger partial charge in [-0.1, -0.05) is 41.1 Å². The lowest BCUT2D eigenvalue weighted by Gasteiger charge is -2.19. The Bertz CT molecular complexity index is 1030. The third-order valence-electron chi connectivity index (χ3n) is 4.97. The van der Waals surface area contributed by atoms with Gasteiger partial charge in [0.1, 0.15) is 10.8 Å². The number of benzene rings is 2. The zero-order chi connectivity index (χ0) is 19.7. The second-order valence-corrected chi connectivity index (χ2v) is 8.39. The molecule has 5 nitrogen and oxygen atoms in total. The maximum Gasteiger partial charge on any atom is 0.246 e. The highest BCUT2D eigenvalue weighted by molar-refractivity contribution is 9.10. The fraction of sp³-hybridized carbons (Fsp3) is 0.286. The van der Waals surface area contributed by atoms with Crippen LogP contribution in [-0.2, 0) is 17.6 Å². The number of fused-ring (bicyclic) bond motifs is 1. The summed E-state index contributed by atoms with van der Waals surface area (Å²) in [5.41, 5.74) is 5.28. The molecule has 2 aromatic carbocycles. The first-order valence-electron chi connectivity index (χ1n) is 9.32. The van der Waals surface area contributed by atoms with E-state index in [2.05, 4.69) is 55.7 Å². The molecule has 0 saturated carbocycles. The molecule has 2 heterocycles. The molecule has 0 fully saturated rings. The Morgan fingerprint density at radius 3 is 2.96 bits per heavy atom. The Hall–Kier alpha value is -2.25. The van der Waals surface area contributed by atoms with Gasteiger partial charge in [-0.3, -0.25) is 4.79 Å². The van der Waals surface area contributed by atoms with E-state index in [0.717, 1.165) is 57.2 Å². The highest BCUT2D eigenvalue weighted by Crippen LogP contribution is 2.33. The number of hydrogen-bond donors (Lipinski definition) is 1. The van der Waals surface area contributed by atoms with E-state index in [-0.39, 0.29) is 12.5 Å². The van der Waals surface area contributed by atoms with Crippen molar-refractivity contribution in [2.45, 2.75) is 26.7 Å². The van der Waals surface area contributed by atoms with Gasteiger partial charge < -0.3 is 10.2 Å². The van der Waals surface area contributed by atoms with Crippen LogP contribution in [0.15, 0.2) is 40.9 Å².